The quantitative estimate of drug-likeness (QED) is 0.742. The number of hydrogen-bond donors (Lipinski definition) is 0. The lowest BCUT2D eigenvalue weighted by atomic mass is 10.1. The largest absolute Gasteiger partial charge is 0.383 e. The Bertz CT molecular complexity index is 389. The lowest BCUT2D eigenvalue weighted by Gasteiger charge is -2.21. The van der Waals surface area contributed by atoms with Crippen LogP contribution in [0.15, 0.2) is 18.2 Å². The lowest BCUT2D eigenvalue weighted by Crippen LogP contribution is -2.28. The Labute approximate surface area is 110 Å². The van der Waals surface area contributed by atoms with E-state index in [1.807, 2.05) is 0 Å². The molecule has 1 aromatic carbocycles. The van der Waals surface area contributed by atoms with Crippen molar-refractivity contribution in [3.05, 3.63) is 34.9 Å². The molecule has 0 radical (unpaired) electrons. The summed E-state index contributed by atoms with van der Waals surface area (Å²) in [6.07, 6.45) is 0.564. The molecule has 0 amide bonds. The third kappa shape index (κ3) is 5.31. The molecule has 0 saturated heterocycles. The predicted molar refractivity (Wildman–Crippen MR) is 73.3 cm³/mol. The van der Waals surface area contributed by atoms with Gasteiger partial charge in [0.25, 0.3) is 0 Å². The summed E-state index contributed by atoms with van der Waals surface area (Å²) in [6.45, 7) is 7.48. The van der Waals surface area contributed by atoms with E-state index in [9.17, 15) is 0 Å². The second-order valence-electron chi connectivity index (χ2n) is 4.67. The summed E-state index contributed by atoms with van der Waals surface area (Å²) in [6, 6.07) is 8.79. The maximum atomic E-state index is 8.69. The van der Waals surface area contributed by atoms with Crippen LogP contribution in [0.2, 0.25) is 0 Å². The number of methoxy groups -OCH3 is 1. The van der Waals surface area contributed by atoms with Gasteiger partial charge in [-0.3, -0.25) is 4.90 Å². The molecule has 0 bridgehead atoms. The van der Waals surface area contributed by atoms with Crippen LogP contribution in [0.3, 0.4) is 0 Å². The molecule has 18 heavy (non-hydrogen) atoms. The van der Waals surface area contributed by atoms with Crippen LogP contribution in [-0.4, -0.2) is 31.7 Å². The average Bonchev–Trinajstić information content (AvgIpc) is 2.31. The van der Waals surface area contributed by atoms with Crippen molar-refractivity contribution in [2.75, 3.05) is 26.8 Å². The highest BCUT2D eigenvalue weighted by Gasteiger charge is 2.06. The zero-order valence-electron chi connectivity index (χ0n) is 11.6. The summed E-state index contributed by atoms with van der Waals surface area (Å²) < 4.78 is 5.11. The van der Waals surface area contributed by atoms with Crippen LogP contribution in [0.5, 0.6) is 0 Å². The zero-order valence-corrected chi connectivity index (χ0v) is 11.6. The van der Waals surface area contributed by atoms with Gasteiger partial charge in [-0.15, -0.1) is 0 Å². The van der Waals surface area contributed by atoms with Crippen molar-refractivity contribution in [2.24, 2.45) is 0 Å². The number of benzene rings is 1. The van der Waals surface area contributed by atoms with Crippen LogP contribution < -0.4 is 0 Å². The van der Waals surface area contributed by atoms with Gasteiger partial charge in [-0.2, -0.15) is 5.26 Å². The highest BCUT2D eigenvalue weighted by atomic mass is 16.5. The van der Waals surface area contributed by atoms with Gasteiger partial charge in [0.1, 0.15) is 0 Å². The van der Waals surface area contributed by atoms with Crippen molar-refractivity contribution in [1.29, 1.82) is 5.26 Å². The van der Waals surface area contributed by atoms with Gasteiger partial charge in [0.05, 0.1) is 12.7 Å². The molecule has 3 nitrogen and oxygen atoms in total. The molecule has 0 atom stereocenters. The topological polar surface area (TPSA) is 36.3 Å². The van der Waals surface area contributed by atoms with E-state index < -0.39 is 0 Å². The fourth-order valence-corrected chi connectivity index (χ4v) is 2.12. The number of nitriles is 1. The summed E-state index contributed by atoms with van der Waals surface area (Å²) in [4.78, 5) is 2.26. The first kappa shape index (κ1) is 14.7. The molecule has 0 unspecified atom stereocenters. The van der Waals surface area contributed by atoms with Crippen molar-refractivity contribution < 1.29 is 4.74 Å². The van der Waals surface area contributed by atoms with Crippen molar-refractivity contribution in [3.63, 3.8) is 0 Å². The number of nitrogens with zero attached hydrogens (tertiary/aromatic N) is 2. The Balaban J connectivity index is 2.65. The molecule has 0 heterocycles. The Hall–Kier alpha value is -1.37. The maximum Gasteiger partial charge on any atom is 0.0635 e. The van der Waals surface area contributed by atoms with Gasteiger partial charge >= 0.3 is 0 Å². The van der Waals surface area contributed by atoms with Gasteiger partial charge in [-0.05, 0) is 19.4 Å². The standard InChI is InChI=1S/C15H22N2O/c1-13-9-14(2)11-15(10-13)12-17(6-4-5-16)7-8-18-3/h9-11H,4,6-8,12H2,1-3H3. The summed E-state index contributed by atoms with van der Waals surface area (Å²) >= 11 is 0. The average molecular weight is 246 g/mol. The number of ether oxygens (including phenoxy) is 1. The summed E-state index contributed by atoms with van der Waals surface area (Å²) in [5.74, 6) is 0. The van der Waals surface area contributed by atoms with Crippen LogP contribution in [0, 0.1) is 25.2 Å². The molecule has 0 aliphatic carbocycles. The highest BCUT2D eigenvalue weighted by Crippen LogP contribution is 2.11. The van der Waals surface area contributed by atoms with E-state index in [-0.39, 0.29) is 0 Å². The zero-order chi connectivity index (χ0) is 13.4. The molecule has 0 aromatic heterocycles. The first-order chi connectivity index (χ1) is 8.65. The smallest absolute Gasteiger partial charge is 0.0635 e. The number of aryl methyl sites for hydroxylation is 2. The van der Waals surface area contributed by atoms with E-state index >= 15 is 0 Å². The normalized spacial score (nSPS) is 10.6. The van der Waals surface area contributed by atoms with E-state index in [1.165, 1.54) is 16.7 Å². The second-order valence-corrected chi connectivity index (χ2v) is 4.67. The predicted octanol–water partition coefficient (Wildman–Crippen LogP) is 2.67. The van der Waals surface area contributed by atoms with Gasteiger partial charge in [0.15, 0.2) is 0 Å². The van der Waals surface area contributed by atoms with Crippen LogP contribution in [0.4, 0.5) is 0 Å². The van der Waals surface area contributed by atoms with Gasteiger partial charge < -0.3 is 4.74 Å². The van der Waals surface area contributed by atoms with Gasteiger partial charge in [0.2, 0.25) is 0 Å². The molecule has 0 fully saturated rings. The molecule has 0 N–H and O–H groups in total. The fraction of sp³-hybridized carbons (Fsp3) is 0.533. The van der Waals surface area contributed by atoms with Gasteiger partial charge in [0, 0.05) is 33.2 Å². The van der Waals surface area contributed by atoms with Crippen LogP contribution in [0.1, 0.15) is 23.1 Å². The van der Waals surface area contributed by atoms with E-state index in [0.717, 1.165) is 19.6 Å². The summed E-state index contributed by atoms with van der Waals surface area (Å²) in [5, 5.41) is 8.69. The van der Waals surface area contributed by atoms with Crippen LogP contribution in [0.25, 0.3) is 0 Å². The Morgan fingerprint density at radius 2 is 1.83 bits per heavy atom. The molecule has 0 aliphatic rings. The van der Waals surface area contributed by atoms with Gasteiger partial charge in [-0.25, -0.2) is 0 Å². The Morgan fingerprint density at radius 1 is 1.17 bits per heavy atom. The van der Waals surface area contributed by atoms with Crippen molar-refractivity contribution in [1.82, 2.24) is 4.90 Å². The minimum atomic E-state index is 0.564. The molecule has 98 valence electrons. The third-order valence-electron chi connectivity index (χ3n) is 2.84. The first-order valence-corrected chi connectivity index (χ1v) is 6.31. The van der Waals surface area contributed by atoms with Crippen LogP contribution >= 0.6 is 0 Å². The summed E-state index contributed by atoms with van der Waals surface area (Å²) in [7, 11) is 1.71. The molecule has 0 aliphatic heterocycles. The lowest BCUT2D eigenvalue weighted by molar-refractivity contribution is 0.145. The molecule has 1 aromatic rings. The first-order valence-electron chi connectivity index (χ1n) is 6.31. The van der Waals surface area contributed by atoms with Crippen molar-refractivity contribution >= 4 is 0 Å². The SMILES string of the molecule is COCCN(CCC#N)Cc1cc(C)cc(C)c1. The molecular formula is C15H22N2O. The maximum absolute atomic E-state index is 8.69. The summed E-state index contributed by atoms with van der Waals surface area (Å²) in [5.41, 5.74) is 3.88. The monoisotopic (exact) mass is 246 g/mol. The van der Waals surface area contributed by atoms with E-state index in [4.69, 9.17) is 10.00 Å². The number of rotatable bonds is 7. The van der Waals surface area contributed by atoms with Crippen molar-refractivity contribution in [3.8, 4) is 6.07 Å². The molecular weight excluding hydrogens is 224 g/mol. The van der Waals surface area contributed by atoms with Crippen molar-refractivity contribution in [2.45, 2.75) is 26.8 Å². The fourth-order valence-electron chi connectivity index (χ4n) is 2.12. The molecule has 3 heteroatoms. The number of hydrogen-bond acceptors (Lipinski definition) is 3. The Kier molecular flexibility index (Phi) is 6.42. The minimum absolute atomic E-state index is 0.564. The highest BCUT2D eigenvalue weighted by molar-refractivity contribution is 5.28. The third-order valence-corrected chi connectivity index (χ3v) is 2.84. The van der Waals surface area contributed by atoms with Crippen LogP contribution in [-0.2, 0) is 11.3 Å². The minimum Gasteiger partial charge on any atom is -0.383 e. The molecule has 1 rings (SSSR count). The Morgan fingerprint density at radius 3 is 2.39 bits per heavy atom. The van der Waals surface area contributed by atoms with E-state index in [1.54, 1.807) is 7.11 Å². The van der Waals surface area contributed by atoms with E-state index in [2.05, 4.69) is 43.0 Å². The molecule has 0 saturated carbocycles. The van der Waals surface area contributed by atoms with Gasteiger partial charge in [-0.1, -0.05) is 29.3 Å². The van der Waals surface area contributed by atoms with E-state index in [0.29, 0.717) is 13.0 Å². The molecule has 0 spiro atoms. The second kappa shape index (κ2) is 7.86.